The molecule has 4 nitrogen and oxygen atoms in total. The molecule has 0 bridgehead atoms. The molecule has 0 unspecified atom stereocenters. The van der Waals surface area contributed by atoms with Crippen LogP contribution in [0.1, 0.15) is 25.3 Å². The first-order chi connectivity index (χ1) is 8.38. The minimum absolute atomic E-state index is 0.00714. The van der Waals surface area contributed by atoms with Gasteiger partial charge in [-0.1, -0.05) is 13.0 Å². The Morgan fingerprint density at radius 2 is 2.17 bits per heavy atom. The number of hydrogen-bond acceptors (Lipinski definition) is 3. The molecule has 0 aromatic heterocycles. The summed E-state index contributed by atoms with van der Waals surface area (Å²) in [4.78, 5) is -0.297. The van der Waals surface area contributed by atoms with Gasteiger partial charge in [-0.2, -0.15) is 5.26 Å². The molecule has 1 saturated carbocycles. The van der Waals surface area contributed by atoms with E-state index in [2.05, 4.69) is 4.72 Å². The van der Waals surface area contributed by atoms with Crippen LogP contribution in [0.5, 0.6) is 0 Å². The highest BCUT2D eigenvalue weighted by Gasteiger charge is 2.38. The third kappa shape index (κ3) is 2.52. The maximum absolute atomic E-state index is 13.4. The van der Waals surface area contributed by atoms with E-state index in [-0.39, 0.29) is 10.3 Å². The van der Waals surface area contributed by atoms with Gasteiger partial charge in [0, 0.05) is 6.54 Å². The van der Waals surface area contributed by atoms with Crippen LogP contribution in [0.3, 0.4) is 0 Å². The van der Waals surface area contributed by atoms with Crippen molar-refractivity contribution in [2.45, 2.75) is 24.7 Å². The lowest BCUT2D eigenvalue weighted by molar-refractivity contribution is 0.529. The fourth-order valence-corrected chi connectivity index (χ4v) is 2.94. The maximum Gasteiger partial charge on any atom is 0.242 e. The molecule has 0 heterocycles. The van der Waals surface area contributed by atoms with Gasteiger partial charge in [0.1, 0.15) is 22.3 Å². The Hall–Kier alpha value is -1.45. The van der Waals surface area contributed by atoms with Crippen molar-refractivity contribution in [1.29, 1.82) is 5.26 Å². The van der Waals surface area contributed by atoms with Gasteiger partial charge in [0.15, 0.2) is 0 Å². The van der Waals surface area contributed by atoms with Crippen molar-refractivity contribution < 1.29 is 12.8 Å². The highest BCUT2D eigenvalue weighted by Crippen LogP contribution is 2.44. The Balaban J connectivity index is 2.30. The van der Waals surface area contributed by atoms with Crippen molar-refractivity contribution in [3.63, 3.8) is 0 Å². The molecule has 0 aliphatic heterocycles. The standard InChI is InChI=1S/C12H13FN2O2S/c1-12(5-6-12)8-15-18(16,17)11-4-2-3-10(13)9(11)7-14/h2-4,15H,5-6,8H2,1H3. The maximum atomic E-state index is 13.4. The summed E-state index contributed by atoms with van der Waals surface area (Å²) in [5, 5.41) is 8.82. The van der Waals surface area contributed by atoms with E-state index in [1.54, 1.807) is 6.07 Å². The number of sulfonamides is 1. The lowest BCUT2D eigenvalue weighted by Crippen LogP contribution is -2.29. The van der Waals surface area contributed by atoms with Crippen molar-refractivity contribution >= 4 is 10.0 Å². The van der Waals surface area contributed by atoms with Crippen LogP contribution in [-0.4, -0.2) is 15.0 Å². The van der Waals surface area contributed by atoms with Crippen molar-refractivity contribution in [2.24, 2.45) is 5.41 Å². The van der Waals surface area contributed by atoms with E-state index in [0.29, 0.717) is 6.54 Å². The number of benzene rings is 1. The summed E-state index contributed by atoms with van der Waals surface area (Å²) >= 11 is 0. The molecule has 0 saturated heterocycles. The average Bonchev–Trinajstić information content (AvgIpc) is 3.05. The zero-order valence-electron chi connectivity index (χ0n) is 9.90. The van der Waals surface area contributed by atoms with Gasteiger partial charge in [0.25, 0.3) is 0 Å². The predicted octanol–water partition coefficient (Wildman–Crippen LogP) is 1.78. The Labute approximate surface area is 105 Å². The summed E-state index contributed by atoms with van der Waals surface area (Å²) < 4.78 is 39.8. The molecule has 0 atom stereocenters. The topological polar surface area (TPSA) is 70.0 Å². The molecular formula is C12H13FN2O2S. The van der Waals surface area contributed by atoms with Crippen LogP contribution in [0.4, 0.5) is 4.39 Å². The Kier molecular flexibility index (Phi) is 3.13. The Morgan fingerprint density at radius 1 is 1.50 bits per heavy atom. The van der Waals surface area contributed by atoms with Crippen LogP contribution in [-0.2, 0) is 10.0 Å². The molecule has 1 aromatic carbocycles. The minimum atomic E-state index is -3.83. The molecule has 1 fully saturated rings. The number of rotatable bonds is 4. The van der Waals surface area contributed by atoms with Crippen molar-refractivity contribution in [3.8, 4) is 6.07 Å². The second-order valence-electron chi connectivity index (χ2n) is 4.86. The van der Waals surface area contributed by atoms with Crippen LogP contribution < -0.4 is 4.72 Å². The van der Waals surface area contributed by atoms with E-state index in [1.807, 2.05) is 6.92 Å². The largest absolute Gasteiger partial charge is 0.242 e. The van der Waals surface area contributed by atoms with Crippen molar-refractivity contribution in [2.75, 3.05) is 6.54 Å². The van der Waals surface area contributed by atoms with E-state index in [1.165, 1.54) is 12.1 Å². The van der Waals surface area contributed by atoms with Crippen LogP contribution in [0, 0.1) is 22.6 Å². The summed E-state index contributed by atoms with van der Waals surface area (Å²) in [6.07, 6.45) is 1.95. The molecule has 1 aliphatic rings. The molecule has 96 valence electrons. The molecule has 1 N–H and O–H groups in total. The van der Waals surface area contributed by atoms with Crippen LogP contribution in [0.2, 0.25) is 0 Å². The molecular weight excluding hydrogens is 255 g/mol. The van der Waals surface area contributed by atoms with Crippen LogP contribution in [0.25, 0.3) is 0 Å². The Bertz CT molecular complexity index is 615. The molecule has 2 rings (SSSR count). The third-order valence-electron chi connectivity index (χ3n) is 3.17. The first kappa shape index (κ1) is 13.0. The monoisotopic (exact) mass is 268 g/mol. The summed E-state index contributed by atoms with van der Waals surface area (Å²) in [7, 11) is -3.83. The van der Waals surface area contributed by atoms with Crippen molar-refractivity contribution in [1.82, 2.24) is 4.72 Å². The zero-order chi connectivity index (χ0) is 13.4. The van der Waals surface area contributed by atoms with Gasteiger partial charge in [0.2, 0.25) is 10.0 Å². The number of nitrogens with one attached hydrogen (secondary N) is 1. The minimum Gasteiger partial charge on any atom is -0.211 e. The van der Waals surface area contributed by atoms with Gasteiger partial charge >= 0.3 is 0 Å². The van der Waals surface area contributed by atoms with Gasteiger partial charge in [-0.05, 0) is 30.4 Å². The number of nitrogens with zero attached hydrogens (tertiary/aromatic N) is 1. The molecule has 0 spiro atoms. The highest BCUT2D eigenvalue weighted by atomic mass is 32.2. The van der Waals surface area contributed by atoms with E-state index in [4.69, 9.17) is 5.26 Å². The second kappa shape index (κ2) is 4.34. The van der Waals surface area contributed by atoms with E-state index in [0.717, 1.165) is 18.9 Å². The van der Waals surface area contributed by atoms with Crippen LogP contribution >= 0.6 is 0 Å². The number of nitriles is 1. The van der Waals surface area contributed by atoms with Gasteiger partial charge in [-0.15, -0.1) is 0 Å². The first-order valence-electron chi connectivity index (χ1n) is 5.56. The lowest BCUT2D eigenvalue weighted by Gasteiger charge is -2.11. The summed E-state index contributed by atoms with van der Waals surface area (Å²) in [6, 6.07) is 5.17. The van der Waals surface area contributed by atoms with Gasteiger partial charge in [-0.25, -0.2) is 17.5 Å². The summed E-state index contributed by atoms with van der Waals surface area (Å²) in [6.45, 7) is 2.29. The lowest BCUT2D eigenvalue weighted by atomic mass is 10.2. The Morgan fingerprint density at radius 3 is 2.72 bits per heavy atom. The van der Waals surface area contributed by atoms with Crippen LogP contribution in [0.15, 0.2) is 23.1 Å². The van der Waals surface area contributed by atoms with Gasteiger partial charge in [-0.3, -0.25) is 0 Å². The molecule has 18 heavy (non-hydrogen) atoms. The SMILES string of the molecule is CC1(CNS(=O)(=O)c2cccc(F)c2C#N)CC1. The quantitative estimate of drug-likeness (QED) is 0.904. The molecule has 1 aromatic rings. The van der Waals surface area contributed by atoms with E-state index in [9.17, 15) is 12.8 Å². The van der Waals surface area contributed by atoms with Gasteiger partial charge < -0.3 is 0 Å². The third-order valence-corrected chi connectivity index (χ3v) is 4.61. The van der Waals surface area contributed by atoms with E-state index < -0.39 is 21.4 Å². The average molecular weight is 268 g/mol. The second-order valence-corrected chi connectivity index (χ2v) is 6.60. The first-order valence-corrected chi connectivity index (χ1v) is 7.05. The molecule has 0 radical (unpaired) electrons. The van der Waals surface area contributed by atoms with E-state index >= 15 is 0 Å². The summed E-state index contributed by atoms with van der Waals surface area (Å²) in [5.41, 5.74) is -0.432. The summed E-state index contributed by atoms with van der Waals surface area (Å²) in [5.74, 6) is -0.821. The number of hydrogen-bond donors (Lipinski definition) is 1. The highest BCUT2D eigenvalue weighted by molar-refractivity contribution is 7.89. The smallest absolute Gasteiger partial charge is 0.211 e. The molecule has 1 aliphatic carbocycles. The number of halogens is 1. The molecule has 0 amide bonds. The van der Waals surface area contributed by atoms with Crippen molar-refractivity contribution in [3.05, 3.63) is 29.6 Å². The normalized spacial score (nSPS) is 17.2. The fraction of sp³-hybridized carbons (Fsp3) is 0.417. The van der Waals surface area contributed by atoms with Gasteiger partial charge in [0.05, 0.1) is 0 Å². The molecule has 6 heteroatoms. The predicted molar refractivity (Wildman–Crippen MR) is 63.6 cm³/mol. The zero-order valence-corrected chi connectivity index (χ0v) is 10.7. The fourth-order valence-electron chi connectivity index (χ4n) is 1.57.